The van der Waals surface area contributed by atoms with E-state index in [-0.39, 0.29) is 27.9 Å². The molecule has 1 saturated heterocycles. The number of aliphatic hydroxyl groups excluding tert-OH is 3. The lowest BCUT2D eigenvalue weighted by molar-refractivity contribution is -0.281. The van der Waals surface area contributed by atoms with Crippen molar-refractivity contribution in [2.24, 2.45) is 0 Å². The molecule has 1 aliphatic rings. The molecule has 0 radical (unpaired) electrons. The monoisotopic (exact) mass is 644 g/mol. The molecule has 0 unspecified atom stereocenters. The van der Waals surface area contributed by atoms with E-state index in [1.807, 2.05) is 26.0 Å². The zero-order chi connectivity index (χ0) is 33.7. The highest BCUT2D eigenvalue weighted by atomic mass is 16.7. The van der Waals surface area contributed by atoms with E-state index < -0.39 is 43.3 Å². The fourth-order valence-corrected chi connectivity index (χ4v) is 5.13. The Labute approximate surface area is 270 Å². The lowest BCUT2D eigenvalue weighted by Gasteiger charge is -2.41. The summed E-state index contributed by atoms with van der Waals surface area (Å²) in [5.74, 6) is 0.0533. The fraction of sp³-hybridized carbons (Fsp3) is 0.278. The van der Waals surface area contributed by atoms with Crippen molar-refractivity contribution in [3.8, 4) is 28.4 Å². The number of benzene rings is 3. The van der Waals surface area contributed by atoms with Crippen molar-refractivity contribution in [1.29, 1.82) is 0 Å². The predicted molar refractivity (Wildman–Crippen MR) is 173 cm³/mol. The first-order valence-electron chi connectivity index (χ1n) is 14.9. The summed E-state index contributed by atoms with van der Waals surface area (Å²) in [6.45, 7) is 3.37. The number of methoxy groups -OCH3 is 1. The topological polar surface area (TPSA) is 165 Å². The number of allylic oxidation sites excluding steroid dienone is 2. The number of carbonyl (C=O) groups is 1. The molecule has 3 aromatic carbocycles. The second-order valence-electron chi connectivity index (χ2n) is 11.3. The molecule has 11 nitrogen and oxygen atoms in total. The van der Waals surface area contributed by atoms with Crippen LogP contribution in [0.15, 0.2) is 93.9 Å². The zero-order valence-corrected chi connectivity index (χ0v) is 26.0. The predicted octanol–water partition coefficient (Wildman–Crippen LogP) is 4.13. The Morgan fingerprint density at radius 2 is 1.77 bits per heavy atom. The van der Waals surface area contributed by atoms with E-state index in [0.717, 1.165) is 17.2 Å². The molecule has 11 heteroatoms. The minimum atomic E-state index is -1.66. The molecule has 1 aromatic heterocycles. The van der Waals surface area contributed by atoms with Crippen LogP contribution in [0.1, 0.15) is 25.0 Å². The van der Waals surface area contributed by atoms with E-state index in [2.05, 4.69) is 6.08 Å². The van der Waals surface area contributed by atoms with Crippen molar-refractivity contribution in [1.82, 2.24) is 0 Å². The molecule has 2 heterocycles. The van der Waals surface area contributed by atoms with Gasteiger partial charge in [-0.3, -0.25) is 4.79 Å². The number of aromatic hydroxyl groups is 1. The molecule has 47 heavy (non-hydrogen) atoms. The number of fused-ring (bicyclic) bond motifs is 1. The molecule has 246 valence electrons. The maximum atomic E-state index is 13.5. The second-order valence-corrected chi connectivity index (χ2v) is 11.3. The lowest BCUT2D eigenvalue weighted by atomic mass is 9.99. The van der Waals surface area contributed by atoms with Gasteiger partial charge in [0.1, 0.15) is 47.4 Å². The van der Waals surface area contributed by atoms with Gasteiger partial charge in [0.15, 0.2) is 11.5 Å². The van der Waals surface area contributed by atoms with Crippen LogP contribution >= 0.6 is 0 Å². The molecule has 0 aliphatic carbocycles. The quantitative estimate of drug-likeness (QED) is 0.111. The third-order valence-corrected chi connectivity index (χ3v) is 7.70. The van der Waals surface area contributed by atoms with E-state index in [1.54, 1.807) is 25.3 Å². The number of rotatable bonds is 10. The third kappa shape index (κ3) is 7.72. The first-order valence-corrected chi connectivity index (χ1v) is 14.9. The van der Waals surface area contributed by atoms with Crippen LogP contribution in [0.5, 0.6) is 17.2 Å². The van der Waals surface area contributed by atoms with Crippen LogP contribution in [0, 0.1) is 0 Å². The van der Waals surface area contributed by atoms with E-state index in [9.17, 15) is 30.0 Å². The number of hydrogen-bond acceptors (Lipinski definition) is 11. The van der Waals surface area contributed by atoms with Gasteiger partial charge in [-0.2, -0.15) is 0 Å². The number of esters is 1. The Morgan fingerprint density at radius 3 is 2.47 bits per heavy atom. The molecular weight excluding hydrogens is 608 g/mol. The first-order chi connectivity index (χ1) is 22.6. The molecule has 0 saturated carbocycles. The van der Waals surface area contributed by atoms with Crippen LogP contribution in [0.4, 0.5) is 0 Å². The average molecular weight is 645 g/mol. The summed E-state index contributed by atoms with van der Waals surface area (Å²) in [6.07, 6.45) is -0.789. The van der Waals surface area contributed by atoms with Crippen molar-refractivity contribution in [2.45, 2.75) is 51.0 Å². The number of phenolic OH excluding ortho intramolecular Hbond substituents is 1. The summed E-state index contributed by atoms with van der Waals surface area (Å²) in [5, 5.41) is 40.7. The van der Waals surface area contributed by atoms with Crippen molar-refractivity contribution < 1.29 is 48.6 Å². The maximum Gasteiger partial charge on any atom is 0.331 e. The van der Waals surface area contributed by atoms with Gasteiger partial charge < -0.3 is 43.8 Å². The number of aliphatic hydroxyl groups is 3. The number of carbonyl (C=O) groups excluding carboxylic acids is 1. The van der Waals surface area contributed by atoms with Crippen molar-refractivity contribution >= 4 is 23.0 Å². The fourth-order valence-electron chi connectivity index (χ4n) is 5.13. The highest BCUT2D eigenvalue weighted by Gasteiger charge is 2.47. The minimum absolute atomic E-state index is 0.0644. The van der Waals surface area contributed by atoms with E-state index >= 15 is 0 Å². The summed E-state index contributed by atoms with van der Waals surface area (Å²) in [5.41, 5.74) is 3.64. The summed E-state index contributed by atoms with van der Waals surface area (Å²) >= 11 is 0. The molecule has 4 aromatic rings. The largest absolute Gasteiger partial charge is 0.508 e. The Bertz CT molecular complexity index is 1840. The van der Waals surface area contributed by atoms with Crippen molar-refractivity contribution in [3.05, 3.63) is 106 Å². The molecule has 5 atom stereocenters. The van der Waals surface area contributed by atoms with Crippen LogP contribution in [-0.2, 0) is 20.7 Å². The number of ether oxygens (including phenoxy) is 4. The summed E-state index contributed by atoms with van der Waals surface area (Å²) in [4.78, 5) is 26.2. The molecule has 0 amide bonds. The Hall–Kier alpha value is -4.94. The highest BCUT2D eigenvalue weighted by Crippen LogP contribution is 2.30. The molecule has 1 fully saturated rings. The van der Waals surface area contributed by atoms with Gasteiger partial charge in [0.2, 0.25) is 6.29 Å². The van der Waals surface area contributed by atoms with Crippen LogP contribution in [0.25, 0.3) is 28.2 Å². The summed E-state index contributed by atoms with van der Waals surface area (Å²) < 4.78 is 28.4. The number of hydrogen-bond donors (Lipinski definition) is 4. The van der Waals surface area contributed by atoms with E-state index in [0.29, 0.717) is 28.9 Å². The van der Waals surface area contributed by atoms with Gasteiger partial charge >= 0.3 is 5.97 Å². The van der Waals surface area contributed by atoms with Crippen molar-refractivity contribution in [2.75, 3.05) is 13.7 Å². The first kappa shape index (κ1) is 33.4. The lowest BCUT2D eigenvalue weighted by Crippen LogP contribution is -2.61. The van der Waals surface area contributed by atoms with Gasteiger partial charge in [0, 0.05) is 12.1 Å². The van der Waals surface area contributed by atoms with Gasteiger partial charge in [0.05, 0.1) is 24.7 Å². The third-order valence-electron chi connectivity index (χ3n) is 7.70. The smallest absolute Gasteiger partial charge is 0.331 e. The van der Waals surface area contributed by atoms with Crippen LogP contribution < -0.4 is 14.9 Å². The summed E-state index contributed by atoms with van der Waals surface area (Å²) in [7, 11) is 1.60. The van der Waals surface area contributed by atoms with Gasteiger partial charge in [-0.1, -0.05) is 29.8 Å². The van der Waals surface area contributed by atoms with Crippen molar-refractivity contribution in [3.63, 3.8) is 0 Å². The molecule has 0 bridgehead atoms. The van der Waals surface area contributed by atoms with E-state index in [4.69, 9.17) is 23.4 Å². The molecule has 4 N–H and O–H groups in total. The standard InChI is InChI=1S/C36H36O11/c1-20(2)4-8-23-16-22(9-14-28(23)43-3)27-19-44-29-17-25(12-13-26(29)32(27)40)45-36-35(34(42)33(41)30(18-37)46-36)47-31(39)15-7-21-5-10-24(38)11-6-21/h4-7,9-17,19,30,33-38,41-42H,8,18H2,1-3H3/b15-7+/t30-,33+,34-,35+,36+/m0/s1. The minimum Gasteiger partial charge on any atom is -0.508 e. The SMILES string of the molecule is COc1ccc(-c2coc3cc(O[C@@H]4O[C@@H](CO)[C@@H](O)[C@H](O)[C@H]4OC(=O)/C=C/c4ccc(O)cc4)ccc3c2=O)cc1CC=C(C)C. The van der Waals surface area contributed by atoms with Crippen LogP contribution in [-0.4, -0.2) is 70.8 Å². The van der Waals surface area contributed by atoms with Crippen LogP contribution in [0.2, 0.25) is 0 Å². The maximum absolute atomic E-state index is 13.5. The normalized spacial score (nSPS) is 21.0. The average Bonchev–Trinajstić information content (AvgIpc) is 3.06. The molecule has 0 spiro atoms. The van der Waals surface area contributed by atoms with Gasteiger partial charge in [0.25, 0.3) is 0 Å². The second kappa shape index (κ2) is 14.7. The van der Waals surface area contributed by atoms with Gasteiger partial charge in [-0.05, 0) is 79.4 Å². The Morgan fingerprint density at radius 1 is 1.00 bits per heavy atom. The molecule has 1 aliphatic heterocycles. The van der Waals surface area contributed by atoms with Crippen LogP contribution in [0.3, 0.4) is 0 Å². The Balaban J connectivity index is 1.39. The van der Waals surface area contributed by atoms with Gasteiger partial charge in [-0.25, -0.2) is 4.79 Å². The molecule has 5 rings (SSSR count). The highest BCUT2D eigenvalue weighted by molar-refractivity contribution is 5.87. The number of phenols is 1. The Kier molecular flexibility index (Phi) is 10.4. The van der Waals surface area contributed by atoms with E-state index in [1.165, 1.54) is 42.7 Å². The summed E-state index contributed by atoms with van der Waals surface area (Å²) in [6, 6.07) is 16.0. The van der Waals surface area contributed by atoms with Gasteiger partial charge in [-0.15, -0.1) is 0 Å². The molecular formula is C36H36O11. The zero-order valence-electron chi connectivity index (χ0n) is 26.0.